The molecule has 2 bridgehead atoms. The Morgan fingerprint density at radius 2 is 2.07 bits per heavy atom. The number of aromatic hydroxyl groups is 1. The second-order valence-electron chi connectivity index (χ2n) is 8.71. The van der Waals surface area contributed by atoms with Crippen molar-refractivity contribution in [3.8, 4) is 5.75 Å². The standard InChI is InChI=1S/C20H24FN3O4/c21-6-8-24-7-5-18-11-19(16(26)22-17(27)23-19)3-4-20(18,28)15(24)9-12-1-2-13(25)10-14(12)18/h1-2,10,15,25,28H,3-9,11H2,(H2,22,23,26,27)/t15-,18-,19+,20-/m1/s1. The molecule has 1 saturated carbocycles. The van der Waals surface area contributed by atoms with E-state index in [2.05, 4.69) is 10.6 Å². The molecular weight excluding hydrogens is 365 g/mol. The van der Waals surface area contributed by atoms with Gasteiger partial charge in [0, 0.05) is 18.0 Å². The van der Waals surface area contributed by atoms with Crippen LogP contribution in [-0.4, -0.2) is 64.0 Å². The summed E-state index contributed by atoms with van der Waals surface area (Å²) in [4.78, 5) is 26.6. The molecule has 4 N–H and O–H groups in total. The first-order valence-corrected chi connectivity index (χ1v) is 9.82. The zero-order valence-electron chi connectivity index (χ0n) is 15.5. The van der Waals surface area contributed by atoms with Crippen LogP contribution in [0.1, 0.15) is 36.8 Å². The van der Waals surface area contributed by atoms with Crippen molar-refractivity contribution in [2.45, 2.75) is 54.7 Å². The highest BCUT2D eigenvalue weighted by Gasteiger charge is 2.69. The lowest BCUT2D eigenvalue weighted by Crippen LogP contribution is -2.76. The van der Waals surface area contributed by atoms with Gasteiger partial charge in [0.15, 0.2) is 0 Å². The molecule has 150 valence electrons. The number of rotatable bonds is 2. The van der Waals surface area contributed by atoms with Gasteiger partial charge in [0.05, 0.1) is 5.60 Å². The van der Waals surface area contributed by atoms with E-state index in [0.717, 1.165) is 11.1 Å². The molecule has 2 aliphatic heterocycles. The highest BCUT2D eigenvalue weighted by atomic mass is 19.1. The fourth-order valence-corrected chi connectivity index (χ4v) is 6.34. The van der Waals surface area contributed by atoms with Crippen LogP contribution >= 0.6 is 0 Å². The maximum atomic E-state index is 13.2. The number of fused-ring (bicyclic) bond motifs is 1. The number of aliphatic hydroxyl groups is 1. The van der Waals surface area contributed by atoms with Crippen LogP contribution in [0, 0.1) is 0 Å². The Labute approximate surface area is 161 Å². The quantitative estimate of drug-likeness (QED) is 0.559. The summed E-state index contributed by atoms with van der Waals surface area (Å²) in [5, 5.41) is 27.3. The fraction of sp³-hybridized carbons (Fsp3) is 0.600. The van der Waals surface area contributed by atoms with E-state index in [1.165, 1.54) is 0 Å². The van der Waals surface area contributed by atoms with E-state index in [0.29, 0.717) is 32.2 Å². The number of urea groups is 1. The molecule has 3 fully saturated rings. The first kappa shape index (κ1) is 17.9. The molecule has 3 amide bonds. The summed E-state index contributed by atoms with van der Waals surface area (Å²) in [6, 6.07) is 4.40. The van der Waals surface area contributed by atoms with Gasteiger partial charge in [0.25, 0.3) is 5.91 Å². The van der Waals surface area contributed by atoms with E-state index >= 15 is 0 Å². The number of imide groups is 1. The molecule has 0 radical (unpaired) electrons. The van der Waals surface area contributed by atoms with Crippen molar-refractivity contribution in [1.29, 1.82) is 0 Å². The third kappa shape index (κ3) is 2.10. The van der Waals surface area contributed by atoms with Crippen LogP contribution in [0.4, 0.5) is 9.18 Å². The van der Waals surface area contributed by atoms with Gasteiger partial charge in [0.2, 0.25) is 0 Å². The third-order valence-corrected chi connectivity index (χ3v) is 7.59. The van der Waals surface area contributed by atoms with Gasteiger partial charge in [-0.15, -0.1) is 0 Å². The summed E-state index contributed by atoms with van der Waals surface area (Å²) in [5.74, 6) is -0.247. The second-order valence-corrected chi connectivity index (χ2v) is 8.71. The zero-order valence-corrected chi connectivity index (χ0v) is 15.5. The number of carbonyl (C=O) groups excluding carboxylic acids is 2. The first-order valence-electron chi connectivity index (χ1n) is 9.82. The number of hydrogen-bond acceptors (Lipinski definition) is 5. The summed E-state index contributed by atoms with van der Waals surface area (Å²) in [6.45, 7) is 0.376. The van der Waals surface area contributed by atoms with Crippen LogP contribution in [0.2, 0.25) is 0 Å². The van der Waals surface area contributed by atoms with Gasteiger partial charge in [-0.25, -0.2) is 9.18 Å². The van der Waals surface area contributed by atoms with Crippen molar-refractivity contribution in [2.75, 3.05) is 19.8 Å². The third-order valence-electron chi connectivity index (χ3n) is 7.59. The lowest BCUT2D eigenvalue weighted by atomic mass is 9.46. The van der Waals surface area contributed by atoms with E-state index in [4.69, 9.17) is 0 Å². The van der Waals surface area contributed by atoms with Crippen LogP contribution in [0.3, 0.4) is 0 Å². The average molecular weight is 389 g/mol. The number of halogens is 1. The Kier molecular flexibility index (Phi) is 3.62. The molecule has 7 nitrogen and oxygen atoms in total. The van der Waals surface area contributed by atoms with E-state index in [-0.39, 0.29) is 30.7 Å². The van der Waals surface area contributed by atoms with E-state index in [9.17, 15) is 24.2 Å². The molecule has 4 atom stereocenters. The molecule has 1 spiro atoms. The molecule has 5 rings (SSSR count). The van der Waals surface area contributed by atoms with E-state index in [1.807, 2.05) is 11.0 Å². The molecular formula is C20H24FN3O4. The minimum atomic E-state index is -1.15. The molecule has 0 unspecified atom stereocenters. The number of nitrogens with one attached hydrogen (secondary N) is 2. The lowest BCUT2D eigenvalue weighted by molar-refractivity contribution is -0.180. The molecule has 1 aromatic rings. The van der Waals surface area contributed by atoms with Crippen molar-refractivity contribution < 1.29 is 24.2 Å². The topological polar surface area (TPSA) is 102 Å². The maximum absolute atomic E-state index is 13.2. The van der Waals surface area contributed by atoms with Gasteiger partial charge < -0.3 is 15.5 Å². The predicted octanol–water partition coefficient (Wildman–Crippen LogP) is 0.723. The van der Waals surface area contributed by atoms with Crippen molar-refractivity contribution in [1.82, 2.24) is 15.5 Å². The number of nitrogens with zero attached hydrogens (tertiary/aromatic N) is 1. The molecule has 4 aliphatic rings. The van der Waals surface area contributed by atoms with Crippen molar-refractivity contribution in [2.24, 2.45) is 0 Å². The highest BCUT2D eigenvalue weighted by Crippen LogP contribution is 2.60. The molecule has 8 heteroatoms. The Morgan fingerprint density at radius 1 is 1.25 bits per heavy atom. The number of likely N-dealkylation sites (tertiary alicyclic amines) is 1. The lowest BCUT2D eigenvalue weighted by Gasteiger charge is -2.65. The Balaban J connectivity index is 1.68. The Bertz CT molecular complexity index is 879. The predicted molar refractivity (Wildman–Crippen MR) is 97.6 cm³/mol. The largest absolute Gasteiger partial charge is 0.508 e. The van der Waals surface area contributed by atoms with Crippen molar-refractivity contribution in [3.63, 3.8) is 0 Å². The van der Waals surface area contributed by atoms with Gasteiger partial charge in [0.1, 0.15) is 18.0 Å². The second kappa shape index (κ2) is 5.67. The number of phenolic OH excluding ortho intramolecular Hbond substituents is 1. The summed E-state index contributed by atoms with van der Waals surface area (Å²) < 4.78 is 13.2. The fourth-order valence-electron chi connectivity index (χ4n) is 6.34. The van der Waals surface area contributed by atoms with Crippen LogP contribution in [0.15, 0.2) is 18.2 Å². The van der Waals surface area contributed by atoms with Gasteiger partial charge in [-0.1, -0.05) is 6.07 Å². The van der Waals surface area contributed by atoms with E-state index in [1.54, 1.807) is 12.1 Å². The first-order chi connectivity index (χ1) is 13.3. The number of benzene rings is 1. The molecule has 2 aliphatic carbocycles. The van der Waals surface area contributed by atoms with Gasteiger partial charge >= 0.3 is 6.03 Å². The molecule has 1 aromatic carbocycles. The number of hydrogen-bond donors (Lipinski definition) is 4. The normalized spacial score (nSPS) is 39.3. The van der Waals surface area contributed by atoms with Crippen LogP contribution in [0.25, 0.3) is 0 Å². The smallest absolute Gasteiger partial charge is 0.322 e. The summed E-state index contributed by atoms with van der Waals surface area (Å²) in [7, 11) is 0. The molecule has 28 heavy (non-hydrogen) atoms. The van der Waals surface area contributed by atoms with Crippen molar-refractivity contribution >= 4 is 11.9 Å². The Hall–Kier alpha value is -2.19. The zero-order chi connectivity index (χ0) is 19.7. The number of phenols is 1. The van der Waals surface area contributed by atoms with Gasteiger partial charge in [-0.2, -0.15) is 0 Å². The van der Waals surface area contributed by atoms with E-state index < -0.39 is 29.3 Å². The van der Waals surface area contributed by atoms with Crippen LogP contribution in [-0.2, 0) is 16.6 Å². The van der Waals surface area contributed by atoms with Crippen molar-refractivity contribution in [3.05, 3.63) is 29.3 Å². The van der Waals surface area contributed by atoms with Crippen LogP contribution < -0.4 is 10.6 Å². The highest BCUT2D eigenvalue weighted by molar-refractivity contribution is 6.07. The summed E-state index contributed by atoms with van der Waals surface area (Å²) >= 11 is 0. The molecule has 2 heterocycles. The molecule has 0 aromatic heterocycles. The minimum absolute atomic E-state index is 0.111. The molecule has 2 saturated heterocycles. The monoisotopic (exact) mass is 389 g/mol. The Morgan fingerprint density at radius 3 is 2.79 bits per heavy atom. The number of alkyl halides is 1. The summed E-state index contributed by atoms with van der Waals surface area (Å²) in [5.41, 5.74) is -1.16. The summed E-state index contributed by atoms with van der Waals surface area (Å²) in [6.07, 6.45) is 2.02. The average Bonchev–Trinajstić information content (AvgIpc) is 2.92. The number of carbonyl (C=O) groups is 2. The van der Waals surface area contributed by atoms with Gasteiger partial charge in [-0.05, 0) is 61.9 Å². The van der Waals surface area contributed by atoms with Gasteiger partial charge in [-0.3, -0.25) is 15.0 Å². The maximum Gasteiger partial charge on any atom is 0.322 e. The number of amides is 3. The minimum Gasteiger partial charge on any atom is -0.508 e. The van der Waals surface area contributed by atoms with Crippen LogP contribution in [0.5, 0.6) is 5.75 Å². The number of piperidine rings is 1. The SMILES string of the molecule is O=C1NC(=O)[C@@]2(CC[C@@]3(O)[C@H]4Cc5ccc(O)cc5[C@@]3(CCN4CCF)C2)N1.